The molecule has 4 rings (SSSR count). The van der Waals surface area contributed by atoms with Crippen LogP contribution in [-0.2, 0) is 27.7 Å². The first kappa shape index (κ1) is 28.8. The lowest BCUT2D eigenvalue weighted by molar-refractivity contribution is 0.0120. The fourth-order valence-corrected chi connectivity index (χ4v) is 3.84. The molecule has 0 amide bonds. The van der Waals surface area contributed by atoms with Gasteiger partial charge in [0.2, 0.25) is 5.89 Å². The van der Waals surface area contributed by atoms with E-state index in [0.29, 0.717) is 73.8 Å². The number of halogens is 1. The van der Waals surface area contributed by atoms with Crippen LogP contribution >= 0.6 is 22.6 Å². The number of pyridine rings is 1. The number of aryl methyl sites for hydroxylation is 1. The molecule has 1 aromatic carbocycles. The Morgan fingerprint density at radius 2 is 1.69 bits per heavy atom. The van der Waals surface area contributed by atoms with Gasteiger partial charge in [-0.15, -0.1) is 0 Å². The Morgan fingerprint density at radius 3 is 2.38 bits per heavy atom. The summed E-state index contributed by atoms with van der Waals surface area (Å²) in [5, 5.41) is 4.16. The number of hydrogen-bond acceptors (Lipinski definition) is 10. The van der Waals surface area contributed by atoms with Crippen molar-refractivity contribution >= 4 is 39.5 Å². The minimum Gasteiger partial charge on any atom is -0.490 e. The molecule has 3 heterocycles. The van der Waals surface area contributed by atoms with E-state index in [2.05, 4.69) is 37.7 Å². The Bertz CT molecular complexity index is 1420. The summed E-state index contributed by atoms with van der Waals surface area (Å²) < 4.78 is 29.8. The molecule has 3 aromatic heterocycles. The van der Waals surface area contributed by atoms with Gasteiger partial charge in [0.25, 0.3) is 5.56 Å². The number of ether oxygens (including phenoxy) is 4. The average Bonchev–Trinajstić information content (AvgIpc) is 3.37. The third-order valence-corrected chi connectivity index (χ3v) is 5.92. The van der Waals surface area contributed by atoms with Crippen LogP contribution in [0.25, 0.3) is 22.7 Å². The summed E-state index contributed by atoms with van der Waals surface area (Å²) in [4.78, 5) is 33.1. The summed E-state index contributed by atoms with van der Waals surface area (Å²) >= 11 is 2.26. The molecule has 0 atom stereocenters. The van der Waals surface area contributed by atoms with Crippen molar-refractivity contribution < 1.29 is 28.2 Å². The maximum absolute atomic E-state index is 12.8. The molecule has 0 bridgehead atoms. The summed E-state index contributed by atoms with van der Waals surface area (Å²) in [6, 6.07) is 11.7. The number of fused-ring (bicyclic) bond motifs is 1. The topological polar surface area (TPSA) is 128 Å². The third kappa shape index (κ3) is 8.65. The fraction of sp³-hybridized carbons (Fsp3) is 0.370. The molecule has 0 saturated heterocycles. The number of rotatable bonds is 16. The second-order valence-corrected chi connectivity index (χ2v) is 9.43. The van der Waals surface area contributed by atoms with Crippen LogP contribution in [-0.4, -0.2) is 76.2 Å². The van der Waals surface area contributed by atoms with Crippen molar-refractivity contribution in [3.8, 4) is 17.3 Å². The van der Waals surface area contributed by atoms with Crippen LogP contribution in [0.4, 0.5) is 0 Å². The highest BCUT2D eigenvalue weighted by molar-refractivity contribution is 14.1. The number of Topliss-reactive ketones (excluding diaryl/α,β-unsaturated/α-hetero) is 1. The number of alkyl halides is 1. The largest absolute Gasteiger partial charge is 0.490 e. The van der Waals surface area contributed by atoms with E-state index in [1.165, 1.54) is 16.9 Å². The van der Waals surface area contributed by atoms with Crippen LogP contribution in [0.3, 0.4) is 0 Å². The van der Waals surface area contributed by atoms with E-state index in [-0.39, 0.29) is 17.8 Å². The van der Waals surface area contributed by atoms with E-state index < -0.39 is 0 Å². The van der Waals surface area contributed by atoms with Crippen molar-refractivity contribution in [3.63, 3.8) is 0 Å². The number of hydrogen-bond donors (Lipinski definition) is 0. The number of benzene rings is 1. The molecule has 0 aliphatic rings. The van der Waals surface area contributed by atoms with Gasteiger partial charge in [0, 0.05) is 24.0 Å². The van der Waals surface area contributed by atoms with Gasteiger partial charge in [0.05, 0.1) is 45.8 Å². The molecule has 0 saturated carbocycles. The zero-order valence-electron chi connectivity index (χ0n) is 21.5. The molecular weight excluding hydrogens is 619 g/mol. The minimum absolute atomic E-state index is 0.132. The van der Waals surface area contributed by atoms with Crippen molar-refractivity contribution in [2.75, 3.05) is 50.7 Å². The Hall–Kier alpha value is -3.20. The number of oxazole rings is 1. The first-order valence-corrected chi connectivity index (χ1v) is 13.9. The van der Waals surface area contributed by atoms with E-state index in [4.69, 9.17) is 23.4 Å². The van der Waals surface area contributed by atoms with Gasteiger partial charge in [-0.3, -0.25) is 9.59 Å². The lowest BCUT2D eigenvalue weighted by Crippen LogP contribution is -2.18. The van der Waals surface area contributed by atoms with Crippen molar-refractivity contribution in [1.29, 1.82) is 0 Å². The van der Waals surface area contributed by atoms with Crippen LogP contribution in [0.15, 0.2) is 57.9 Å². The first-order valence-electron chi connectivity index (χ1n) is 12.4. The summed E-state index contributed by atoms with van der Waals surface area (Å²) in [5.74, 6) is 0.725. The molecule has 0 N–H and O–H groups in total. The van der Waals surface area contributed by atoms with E-state index >= 15 is 0 Å². The quantitative estimate of drug-likeness (QED) is 0.0773. The molecule has 39 heavy (non-hydrogen) atoms. The predicted molar refractivity (Wildman–Crippen MR) is 152 cm³/mol. The highest BCUT2D eigenvalue weighted by Gasteiger charge is 2.14. The number of carbonyl (C=O) groups excluding carboxylic acids is 1. The lowest BCUT2D eigenvalue weighted by atomic mass is 10.1. The van der Waals surface area contributed by atoms with Crippen LogP contribution in [0, 0.1) is 0 Å². The molecular formula is C27H29IN4O7. The van der Waals surface area contributed by atoms with Gasteiger partial charge in [-0.1, -0.05) is 28.7 Å². The van der Waals surface area contributed by atoms with E-state index in [9.17, 15) is 9.59 Å². The fourth-order valence-electron chi connectivity index (χ4n) is 3.53. The summed E-state index contributed by atoms with van der Waals surface area (Å²) in [6.07, 6.45) is 1.68. The van der Waals surface area contributed by atoms with Crippen molar-refractivity contribution in [3.05, 3.63) is 70.3 Å². The smallest absolute Gasteiger partial charge is 0.266 e. The molecule has 0 aliphatic heterocycles. The standard InChI is InChI=1S/C27H29IN4O7/c1-32-26(34)7-5-22(31-32)27-30-23-16-19(2-6-25(23)39-27)17-24(33)21-4-3-20(18-29-21)38-15-14-37-13-12-36-11-10-35-9-8-28/h2-7,16,18H,8-15,17H2,1H3. The Morgan fingerprint density at radius 1 is 0.949 bits per heavy atom. The van der Waals surface area contributed by atoms with Crippen molar-refractivity contribution in [2.24, 2.45) is 7.05 Å². The Kier molecular flexibility index (Phi) is 10.9. The molecule has 11 nitrogen and oxygen atoms in total. The summed E-state index contributed by atoms with van der Waals surface area (Å²) in [5.41, 5.74) is 2.49. The molecule has 0 fully saturated rings. The zero-order valence-corrected chi connectivity index (χ0v) is 23.7. The third-order valence-electron chi connectivity index (χ3n) is 5.48. The lowest BCUT2D eigenvalue weighted by Gasteiger charge is -2.08. The molecule has 0 aliphatic carbocycles. The molecule has 12 heteroatoms. The van der Waals surface area contributed by atoms with Gasteiger partial charge in [-0.05, 0) is 35.9 Å². The van der Waals surface area contributed by atoms with Gasteiger partial charge in [0.1, 0.15) is 29.3 Å². The first-order chi connectivity index (χ1) is 19.0. The van der Waals surface area contributed by atoms with Gasteiger partial charge >= 0.3 is 0 Å². The van der Waals surface area contributed by atoms with E-state index in [1.807, 2.05) is 6.07 Å². The maximum Gasteiger partial charge on any atom is 0.266 e. The molecule has 0 spiro atoms. The normalized spacial score (nSPS) is 11.2. The predicted octanol–water partition coefficient (Wildman–Crippen LogP) is 3.27. The zero-order chi connectivity index (χ0) is 27.5. The number of ketones is 1. The van der Waals surface area contributed by atoms with Crippen LogP contribution in [0.1, 0.15) is 16.1 Å². The highest BCUT2D eigenvalue weighted by atomic mass is 127. The molecule has 206 valence electrons. The van der Waals surface area contributed by atoms with Gasteiger partial charge < -0.3 is 23.4 Å². The van der Waals surface area contributed by atoms with Crippen LogP contribution < -0.4 is 10.3 Å². The SMILES string of the molecule is Cn1nc(-c2nc3cc(CC(=O)c4ccc(OCCOCCOCCOCCI)cn4)ccc3o2)ccc1=O. The average molecular weight is 648 g/mol. The van der Waals surface area contributed by atoms with Gasteiger partial charge in [0.15, 0.2) is 11.4 Å². The highest BCUT2D eigenvalue weighted by Crippen LogP contribution is 2.23. The number of carbonyl (C=O) groups is 1. The monoisotopic (exact) mass is 648 g/mol. The Labute approximate surface area is 238 Å². The molecule has 0 unspecified atom stereocenters. The molecule has 4 aromatic rings. The van der Waals surface area contributed by atoms with Crippen LogP contribution in [0.5, 0.6) is 5.75 Å². The maximum atomic E-state index is 12.8. The van der Waals surface area contributed by atoms with Crippen molar-refractivity contribution in [2.45, 2.75) is 6.42 Å². The second-order valence-electron chi connectivity index (χ2n) is 8.36. The second kappa shape index (κ2) is 14.8. The van der Waals surface area contributed by atoms with Crippen molar-refractivity contribution in [1.82, 2.24) is 19.7 Å². The van der Waals surface area contributed by atoms with Gasteiger partial charge in [-0.25, -0.2) is 14.6 Å². The van der Waals surface area contributed by atoms with Gasteiger partial charge in [-0.2, -0.15) is 5.10 Å². The van der Waals surface area contributed by atoms with Crippen LogP contribution in [0.2, 0.25) is 0 Å². The summed E-state index contributed by atoms with van der Waals surface area (Å²) in [7, 11) is 1.56. The number of nitrogens with zero attached hydrogens (tertiary/aromatic N) is 4. The van der Waals surface area contributed by atoms with E-state index in [0.717, 1.165) is 16.6 Å². The minimum atomic E-state index is -0.223. The number of aromatic nitrogens is 4. The van der Waals surface area contributed by atoms with E-state index in [1.54, 1.807) is 37.4 Å². The molecule has 0 radical (unpaired) electrons. The summed E-state index contributed by atoms with van der Waals surface area (Å²) in [6.45, 7) is 3.65. The Balaban J connectivity index is 1.21.